The van der Waals surface area contributed by atoms with Gasteiger partial charge in [0.15, 0.2) is 0 Å². The number of nitrogens with two attached hydrogens (primary N) is 1. The molecule has 1 aromatic carbocycles. The SMILES string of the molecule is CN(C)c1ccc(C(=O)O)cc1.COc1ccc(-c2cc(C)nc(N)n2)cn1. The second-order valence-corrected chi connectivity index (χ2v) is 6.09. The number of nitrogen functional groups attached to an aromatic ring is 1. The number of carboxylic acids is 1. The van der Waals surface area contributed by atoms with Gasteiger partial charge in [-0.25, -0.2) is 19.7 Å². The number of carboxylic acid groups (broad SMARTS) is 1. The van der Waals surface area contributed by atoms with Gasteiger partial charge in [0, 0.05) is 43.3 Å². The second kappa shape index (κ2) is 9.31. The zero-order chi connectivity index (χ0) is 20.7. The molecule has 3 rings (SSSR count). The van der Waals surface area contributed by atoms with E-state index in [1.807, 2.05) is 38.1 Å². The van der Waals surface area contributed by atoms with Crippen LogP contribution in [0.3, 0.4) is 0 Å². The van der Waals surface area contributed by atoms with E-state index in [0.717, 1.165) is 22.6 Å². The molecule has 0 spiro atoms. The molecule has 0 aliphatic carbocycles. The highest BCUT2D eigenvalue weighted by Gasteiger charge is 2.04. The number of carbonyl (C=O) groups is 1. The zero-order valence-corrected chi connectivity index (χ0v) is 16.2. The maximum atomic E-state index is 10.5. The minimum atomic E-state index is -0.889. The Hall–Kier alpha value is -3.68. The summed E-state index contributed by atoms with van der Waals surface area (Å²) in [5, 5.41) is 8.60. The Morgan fingerprint density at radius 3 is 2.25 bits per heavy atom. The second-order valence-electron chi connectivity index (χ2n) is 6.09. The molecule has 0 saturated carbocycles. The van der Waals surface area contributed by atoms with E-state index in [-0.39, 0.29) is 5.95 Å². The third-order valence-electron chi connectivity index (χ3n) is 3.74. The van der Waals surface area contributed by atoms with Crippen LogP contribution in [-0.4, -0.2) is 47.2 Å². The Morgan fingerprint density at radius 1 is 1.11 bits per heavy atom. The van der Waals surface area contributed by atoms with Crippen LogP contribution in [0.15, 0.2) is 48.7 Å². The molecule has 3 N–H and O–H groups in total. The number of aromatic carboxylic acids is 1. The van der Waals surface area contributed by atoms with Crippen molar-refractivity contribution in [1.29, 1.82) is 0 Å². The first kappa shape index (κ1) is 20.6. The van der Waals surface area contributed by atoms with Crippen LogP contribution in [0.25, 0.3) is 11.3 Å². The number of aryl methyl sites for hydroxylation is 1. The van der Waals surface area contributed by atoms with Crippen LogP contribution in [0.5, 0.6) is 5.88 Å². The third kappa shape index (κ3) is 5.66. The molecule has 2 aromatic heterocycles. The van der Waals surface area contributed by atoms with E-state index < -0.39 is 5.97 Å². The lowest BCUT2D eigenvalue weighted by atomic mass is 10.2. The van der Waals surface area contributed by atoms with Gasteiger partial charge < -0.3 is 20.5 Å². The Kier molecular flexibility index (Phi) is 6.86. The summed E-state index contributed by atoms with van der Waals surface area (Å²) in [6.07, 6.45) is 1.69. The summed E-state index contributed by atoms with van der Waals surface area (Å²) in [7, 11) is 5.40. The molecular formula is C20H23N5O3. The van der Waals surface area contributed by atoms with Crippen molar-refractivity contribution in [1.82, 2.24) is 15.0 Å². The van der Waals surface area contributed by atoms with E-state index >= 15 is 0 Å². The van der Waals surface area contributed by atoms with E-state index in [9.17, 15) is 4.79 Å². The highest BCUT2D eigenvalue weighted by Crippen LogP contribution is 2.19. The van der Waals surface area contributed by atoms with Crippen molar-refractivity contribution in [3.63, 3.8) is 0 Å². The predicted molar refractivity (Wildman–Crippen MR) is 109 cm³/mol. The van der Waals surface area contributed by atoms with Crippen molar-refractivity contribution < 1.29 is 14.6 Å². The van der Waals surface area contributed by atoms with Crippen LogP contribution in [0.1, 0.15) is 16.1 Å². The number of hydrogen-bond acceptors (Lipinski definition) is 7. The van der Waals surface area contributed by atoms with E-state index in [0.29, 0.717) is 11.4 Å². The van der Waals surface area contributed by atoms with Gasteiger partial charge in [0.2, 0.25) is 11.8 Å². The first-order valence-corrected chi connectivity index (χ1v) is 8.42. The van der Waals surface area contributed by atoms with E-state index in [2.05, 4.69) is 15.0 Å². The normalized spacial score (nSPS) is 9.86. The molecule has 0 amide bonds. The summed E-state index contributed by atoms with van der Waals surface area (Å²) < 4.78 is 4.98. The number of anilines is 2. The summed E-state index contributed by atoms with van der Waals surface area (Å²) >= 11 is 0. The number of rotatable bonds is 4. The Bertz CT molecular complexity index is 905. The van der Waals surface area contributed by atoms with Crippen LogP contribution in [0, 0.1) is 6.92 Å². The number of aromatic nitrogens is 3. The number of benzene rings is 1. The van der Waals surface area contributed by atoms with Gasteiger partial charge in [0.05, 0.1) is 18.4 Å². The third-order valence-corrected chi connectivity index (χ3v) is 3.74. The standard InChI is InChI=1S/C11H12N4O.C9H11NO2/c1-7-5-9(15-11(12)14-7)8-3-4-10(16-2)13-6-8;1-10(2)8-5-3-7(4-6-8)9(11)12/h3-6H,1-2H3,(H2,12,14,15);3-6H,1-2H3,(H,11,12). The summed E-state index contributed by atoms with van der Waals surface area (Å²) in [5.74, 6) is -0.0476. The van der Waals surface area contributed by atoms with Crippen LogP contribution in [0.2, 0.25) is 0 Å². The van der Waals surface area contributed by atoms with Gasteiger partial charge in [-0.05, 0) is 43.3 Å². The fraction of sp³-hybridized carbons (Fsp3) is 0.200. The van der Waals surface area contributed by atoms with Gasteiger partial charge >= 0.3 is 5.97 Å². The average Bonchev–Trinajstić information content (AvgIpc) is 2.68. The van der Waals surface area contributed by atoms with Gasteiger partial charge in [0.1, 0.15) is 0 Å². The molecule has 0 aliphatic heterocycles. The Labute approximate surface area is 163 Å². The molecule has 8 nitrogen and oxygen atoms in total. The number of ether oxygens (including phenoxy) is 1. The van der Waals surface area contributed by atoms with Crippen molar-refractivity contribution in [3.8, 4) is 17.1 Å². The fourth-order valence-electron chi connectivity index (χ4n) is 2.29. The van der Waals surface area contributed by atoms with Crippen LogP contribution in [0.4, 0.5) is 11.6 Å². The van der Waals surface area contributed by atoms with Crippen molar-refractivity contribution in [2.75, 3.05) is 31.8 Å². The Morgan fingerprint density at radius 2 is 1.79 bits per heavy atom. The average molecular weight is 381 g/mol. The van der Waals surface area contributed by atoms with Gasteiger partial charge in [0.25, 0.3) is 0 Å². The van der Waals surface area contributed by atoms with E-state index in [1.165, 1.54) is 0 Å². The lowest BCUT2D eigenvalue weighted by molar-refractivity contribution is 0.0697. The maximum Gasteiger partial charge on any atom is 0.335 e. The number of pyridine rings is 1. The summed E-state index contributed by atoms with van der Waals surface area (Å²) in [6, 6.07) is 12.3. The Balaban J connectivity index is 0.000000209. The zero-order valence-electron chi connectivity index (χ0n) is 16.2. The molecule has 2 heterocycles. The van der Waals surface area contributed by atoms with Crippen molar-refractivity contribution in [2.45, 2.75) is 6.92 Å². The molecule has 3 aromatic rings. The lowest BCUT2D eigenvalue weighted by Gasteiger charge is -2.11. The number of methoxy groups -OCH3 is 1. The summed E-state index contributed by atoms with van der Waals surface area (Å²) in [6.45, 7) is 1.87. The molecule has 28 heavy (non-hydrogen) atoms. The molecule has 0 aliphatic rings. The summed E-state index contributed by atoms with van der Waals surface area (Å²) in [5.41, 5.74) is 9.39. The molecule has 0 radical (unpaired) electrons. The quantitative estimate of drug-likeness (QED) is 0.709. The first-order valence-electron chi connectivity index (χ1n) is 8.42. The van der Waals surface area contributed by atoms with Gasteiger partial charge in [-0.2, -0.15) is 0 Å². The highest BCUT2D eigenvalue weighted by molar-refractivity contribution is 5.88. The topological polar surface area (TPSA) is 114 Å². The molecule has 146 valence electrons. The predicted octanol–water partition coefficient (Wildman–Crippen LogP) is 2.89. The number of nitrogens with zero attached hydrogens (tertiary/aromatic N) is 4. The molecule has 0 fully saturated rings. The molecule has 0 unspecified atom stereocenters. The molecule has 8 heteroatoms. The van der Waals surface area contributed by atoms with Crippen molar-refractivity contribution in [2.24, 2.45) is 0 Å². The monoisotopic (exact) mass is 381 g/mol. The van der Waals surface area contributed by atoms with E-state index in [1.54, 1.807) is 43.6 Å². The van der Waals surface area contributed by atoms with Crippen molar-refractivity contribution in [3.05, 3.63) is 59.9 Å². The molecule has 0 saturated heterocycles. The lowest BCUT2D eigenvalue weighted by Crippen LogP contribution is -2.08. The van der Waals surface area contributed by atoms with Gasteiger partial charge in [-0.3, -0.25) is 0 Å². The fourth-order valence-corrected chi connectivity index (χ4v) is 2.29. The molecule has 0 bridgehead atoms. The van der Waals surface area contributed by atoms with E-state index in [4.69, 9.17) is 15.6 Å². The largest absolute Gasteiger partial charge is 0.481 e. The van der Waals surface area contributed by atoms with Crippen LogP contribution >= 0.6 is 0 Å². The molecular weight excluding hydrogens is 358 g/mol. The number of hydrogen-bond donors (Lipinski definition) is 2. The van der Waals surface area contributed by atoms with Crippen molar-refractivity contribution >= 4 is 17.6 Å². The summed E-state index contributed by atoms with van der Waals surface area (Å²) in [4.78, 5) is 24.7. The maximum absolute atomic E-state index is 10.5. The molecule has 0 atom stereocenters. The minimum absolute atomic E-state index is 0.269. The van der Waals surface area contributed by atoms with Crippen LogP contribution in [-0.2, 0) is 0 Å². The first-order chi connectivity index (χ1) is 13.3. The van der Waals surface area contributed by atoms with Gasteiger partial charge in [-0.15, -0.1) is 0 Å². The van der Waals surface area contributed by atoms with Crippen LogP contribution < -0.4 is 15.4 Å². The smallest absolute Gasteiger partial charge is 0.335 e. The van der Waals surface area contributed by atoms with Gasteiger partial charge in [-0.1, -0.05) is 0 Å². The highest BCUT2D eigenvalue weighted by atomic mass is 16.5. The minimum Gasteiger partial charge on any atom is -0.481 e.